The fourth-order valence-electron chi connectivity index (χ4n) is 2.47. The van der Waals surface area contributed by atoms with Crippen LogP contribution in [-0.4, -0.2) is 26.2 Å². The number of ether oxygens (including phenoxy) is 1. The Labute approximate surface area is 114 Å². The lowest BCUT2D eigenvalue weighted by atomic mass is 9.82. The highest BCUT2D eigenvalue weighted by Gasteiger charge is 2.27. The summed E-state index contributed by atoms with van der Waals surface area (Å²) in [7, 11) is 1.37. The van der Waals surface area contributed by atoms with Crippen molar-refractivity contribution in [1.82, 2.24) is 0 Å². The molecule has 1 aliphatic rings. The predicted octanol–water partition coefficient (Wildman–Crippen LogP) is 2.68. The molecule has 0 unspecified atom stereocenters. The molecule has 2 rings (SSSR count). The fraction of sp³-hybridized carbons (Fsp3) is 0.533. The van der Waals surface area contributed by atoms with Gasteiger partial charge in [-0.05, 0) is 30.4 Å². The molecule has 1 aliphatic heterocycles. The number of methoxy groups -OCH3 is 1. The molecule has 0 bridgehead atoms. The molecule has 4 nitrogen and oxygen atoms in total. The molecular formula is C15H22N2O2. The minimum Gasteiger partial charge on any atom is -0.465 e. The normalized spacial score (nSPS) is 18.2. The fourth-order valence-corrected chi connectivity index (χ4v) is 2.47. The lowest BCUT2D eigenvalue weighted by molar-refractivity contribution is 0.0602. The maximum atomic E-state index is 11.7. The van der Waals surface area contributed by atoms with Gasteiger partial charge in [0, 0.05) is 13.1 Å². The van der Waals surface area contributed by atoms with Crippen molar-refractivity contribution in [1.29, 1.82) is 0 Å². The van der Waals surface area contributed by atoms with Crippen LogP contribution >= 0.6 is 0 Å². The first kappa shape index (κ1) is 13.7. The number of nitrogens with two attached hydrogens (primary N) is 1. The van der Waals surface area contributed by atoms with E-state index in [9.17, 15) is 4.79 Å². The molecule has 2 N–H and O–H groups in total. The van der Waals surface area contributed by atoms with E-state index in [1.54, 1.807) is 6.07 Å². The SMILES string of the molecule is COC(=O)c1cccc(N2CCC(C)(C)CC2)c1N. The molecule has 0 radical (unpaired) electrons. The van der Waals surface area contributed by atoms with Crippen molar-refractivity contribution in [3.63, 3.8) is 0 Å². The van der Waals surface area contributed by atoms with Gasteiger partial charge >= 0.3 is 5.97 Å². The molecule has 0 aliphatic carbocycles. The van der Waals surface area contributed by atoms with Gasteiger partial charge in [0.1, 0.15) is 0 Å². The standard InChI is InChI=1S/C15H22N2O2/c1-15(2)7-9-17(10-8-15)12-6-4-5-11(13(12)16)14(18)19-3/h4-6H,7-10,16H2,1-3H3. The van der Waals surface area contributed by atoms with Gasteiger partial charge in [0.15, 0.2) is 0 Å². The van der Waals surface area contributed by atoms with E-state index >= 15 is 0 Å². The quantitative estimate of drug-likeness (QED) is 0.657. The number of carbonyl (C=O) groups excluding carboxylic acids is 1. The summed E-state index contributed by atoms with van der Waals surface area (Å²) in [5.41, 5.74) is 8.42. The van der Waals surface area contributed by atoms with Gasteiger partial charge in [-0.3, -0.25) is 0 Å². The molecule has 1 fully saturated rings. The number of benzene rings is 1. The number of nitrogen functional groups attached to an aromatic ring is 1. The topological polar surface area (TPSA) is 55.6 Å². The van der Waals surface area contributed by atoms with Gasteiger partial charge in [0.05, 0.1) is 24.0 Å². The molecular weight excluding hydrogens is 240 g/mol. The molecule has 0 spiro atoms. The van der Waals surface area contributed by atoms with E-state index in [0.29, 0.717) is 16.7 Å². The average Bonchev–Trinajstić information content (AvgIpc) is 2.39. The first-order chi connectivity index (χ1) is 8.94. The summed E-state index contributed by atoms with van der Waals surface area (Å²) in [6.07, 6.45) is 2.27. The lowest BCUT2D eigenvalue weighted by Crippen LogP contribution is -2.37. The minimum atomic E-state index is -0.378. The summed E-state index contributed by atoms with van der Waals surface area (Å²) in [6, 6.07) is 5.54. The number of piperidine rings is 1. The molecule has 4 heteroatoms. The average molecular weight is 262 g/mol. The molecule has 0 amide bonds. The molecule has 1 heterocycles. The number of anilines is 2. The molecule has 0 aromatic heterocycles. The Kier molecular flexibility index (Phi) is 3.69. The van der Waals surface area contributed by atoms with Crippen LogP contribution in [0.4, 0.5) is 11.4 Å². The molecule has 0 atom stereocenters. The third kappa shape index (κ3) is 2.83. The zero-order valence-corrected chi connectivity index (χ0v) is 11.9. The number of carbonyl (C=O) groups is 1. The Bertz CT molecular complexity index is 473. The van der Waals surface area contributed by atoms with Crippen LogP contribution in [0.3, 0.4) is 0 Å². The van der Waals surface area contributed by atoms with Crippen molar-refractivity contribution < 1.29 is 9.53 Å². The lowest BCUT2D eigenvalue weighted by Gasteiger charge is -2.38. The van der Waals surface area contributed by atoms with E-state index < -0.39 is 0 Å². The number of hydrogen-bond donors (Lipinski definition) is 1. The minimum absolute atomic E-state index is 0.378. The Morgan fingerprint density at radius 3 is 2.53 bits per heavy atom. The first-order valence-electron chi connectivity index (χ1n) is 6.66. The zero-order valence-electron chi connectivity index (χ0n) is 11.9. The van der Waals surface area contributed by atoms with Crippen molar-refractivity contribution >= 4 is 17.3 Å². The van der Waals surface area contributed by atoms with E-state index in [0.717, 1.165) is 31.6 Å². The molecule has 0 saturated carbocycles. The second-order valence-electron chi connectivity index (χ2n) is 5.88. The predicted molar refractivity (Wildman–Crippen MR) is 77.4 cm³/mol. The van der Waals surface area contributed by atoms with Crippen LogP contribution in [0, 0.1) is 5.41 Å². The van der Waals surface area contributed by atoms with Gasteiger partial charge in [-0.25, -0.2) is 4.79 Å². The van der Waals surface area contributed by atoms with Gasteiger partial charge in [0.25, 0.3) is 0 Å². The van der Waals surface area contributed by atoms with Crippen LogP contribution in [0.15, 0.2) is 18.2 Å². The van der Waals surface area contributed by atoms with Gasteiger partial charge in [-0.15, -0.1) is 0 Å². The molecule has 1 saturated heterocycles. The monoisotopic (exact) mass is 262 g/mol. The van der Waals surface area contributed by atoms with Gasteiger partial charge in [-0.2, -0.15) is 0 Å². The van der Waals surface area contributed by atoms with Crippen LogP contribution in [0.2, 0.25) is 0 Å². The third-order valence-corrected chi connectivity index (χ3v) is 3.95. The van der Waals surface area contributed by atoms with Crippen molar-refractivity contribution in [3.05, 3.63) is 23.8 Å². The smallest absolute Gasteiger partial charge is 0.340 e. The van der Waals surface area contributed by atoms with Gasteiger partial charge in [-0.1, -0.05) is 19.9 Å². The van der Waals surface area contributed by atoms with E-state index in [1.807, 2.05) is 12.1 Å². The number of rotatable bonds is 2. The summed E-state index contributed by atoms with van der Waals surface area (Å²) in [6.45, 7) is 6.53. The Morgan fingerprint density at radius 1 is 1.32 bits per heavy atom. The second kappa shape index (κ2) is 5.11. The molecule has 1 aromatic carbocycles. The summed E-state index contributed by atoms with van der Waals surface area (Å²) in [4.78, 5) is 13.9. The van der Waals surface area contributed by atoms with E-state index in [4.69, 9.17) is 10.5 Å². The zero-order chi connectivity index (χ0) is 14.0. The maximum absolute atomic E-state index is 11.7. The number of esters is 1. The highest BCUT2D eigenvalue weighted by molar-refractivity contribution is 5.98. The molecule has 1 aromatic rings. The van der Waals surface area contributed by atoms with Crippen LogP contribution in [0.5, 0.6) is 0 Å². The van der Waals surface area contributed by atoms with E-state index in [1.165, 1.54) is 7.11 Å². The summed E-state index contributed by atoms with van der Waals surface area (Å²) in [5, 5.41) is 0. The summed E-state index contributed by atoms with van der Waals surface area (Å²) in [5.74, 6) is -0.378. The molecule has 104 valence electrons. The third-order valence-electron chi connectivity index (χ3n) is 3.95. The van der Waals surface area contributed by atoms with Gasteiger partial charge in [0.2, 0.25) is 0 Å². The van der Waals surface area contributed by atoms with Crippen molar-refractivity contribution in [2.45, 2.75) is 26.7 Å². The van der Waals surface area contributed by atoms with Gasteiger partial charge < -0.3 is 15.4 Å². The maximum Gasteiger partial charge on any atom is 0.340 e. The largest absolute Gasteiger partial charge is 0.465 e. The van der Waals surface area contributed by atoms with E-state index in [-0.39, 0.29) is 5.97 Å². The number of nitrogens with zero attached hydrogens (tertiary/aromatic N) is 1. The Hall–Kier alpha value is -1.71. The van der Waals surface area contributed by atoms with Crippen LogP contribution in [0.25, 0.3) is 0 Å². The van der Waals surface area contributed by atoms with Crippen LogP contribution in [0.1, 0.15) is 37.0 Å². The van der Waals surface area contributed by atoms with Crippen molar-refractivity contribution in [2.24, 2.45) is 5.41 Å². The highest BCUT2D eigenvalue weighted by Crippen LogP contribution is 2.35. The van der Waals surface area contributed by atoms with Crippen molar-refractivity contribution in [3.8, 4) is 0 Å². The number of para-hydroxylation sites is 1. The van der Waals surface area contributed by atoms with Crippen LogP contribution in [-0.2, 0) is 4.74 Å². The van der Waals surface area contributed by atoms with Crippen LogP contribution < -0.4 is 10.6 Å². The van der Waals surface area contributed by atoms with E-state index in [2.05, 4.69) is 18.7 Å². The summed E-state index contributed by atoms with van der Waals surface area (Å²) < 4.78 is 4.76. The first-order valence-corrected chi connectivity index (χ1v) is 6.66. The Morgan fingerprint density at radius 2 is 1.95 bits per heavy atom. The second-order valence-corrected chi connectivity index (χ2v) is 5.88. The number of hydrogen-bond acceptors (Lipinski definition) is 4. The molecule has 19 heavy (non-hydrogen) atoms. The summed E-state index contributed by atoms with van der Waals surface area (Å²) >= 11 is 0. The highest BCUT2D eigenvalue weighted by atomic mass is 16.5. The Balaban J connectivity index is 2.24. The van der Waals surface area contributed by atoms with Crippen molar-refractivity contribution in [2.75, 3.05) is 30.8 Å².